The Morgan fingerprint density at radius 3 is 2.24 bits per heavy atom. The summed E-state index contributed by atoms with van der Waals surface area (Å²) in [7, 11) is 0. The van der Waals surface area contributed by atoms with Gasteiger partial charge in [-0.2, -0.15) is 23.7 Å². The van der Waals surface area contributed by atoms with E-state index in [0.717, 1.165) is 12.1 Å². The Kier molecular flexibility index (Phi) is 3.49. The highest BCUT2D eigenvalue weighted by molar-refractivity contribution is 5.75. The maximum absolute atomic E-state index is 13.0. The van der Waals surface area contributed by atoms with Gasteiger partial charge in [0.25, 0.3) is 0 Å². The molecule has 2 rings (SSSR count). The van der Waals surface area contributed by atoms with Crippen LogP contribution in [0.3, 0.4) is 0 Å². The van der Waals surface area contributed by atoms with Crippen molar-refractivity contribution in [3.8, 4) is 23.3 Å². The quantitative estimate of drug-likeness (QED) is 0.860. The molecule has 6 heteroatoms. The van der Waals surface area contributed by atoms with Gasteiger partial charge >= 0.3 is 6.18 Å². The molecule has 0 aliphatic carbocycles. The second-order valence-electron chi connectivity index (χ2n) is 4.61. The molecular formula is C15H10F3N3. The summed E-state index contributed by atoms with van der Waals surface area (Å²) in [5, 5.41) is 18.0. The van der Waals surface area contributed by atoms with Gasteiger partial charge in [-0.05, 0) is 31.5 Å². The van der Waals surface area contributed by atoms with Crippen LogP contribution in [0.1, 0.15) is 28.1 Å². The van der Waals surface area contributed by atoms with Crippen LogP contribution in [-0.2, 0) is 6.18 Å². The number of aryl methyl sites for hydroxylation is 2. The zero-order valence-corrected chi connectivity index (χ0v) is 11.3. The van der Waals surface area contributed by atoms with Crippen LogP contribution in [0.4, 0.5) is 13.2 Å². The SMILES string of the molecule is Cc1[nH]c(C)c(-c2ccc(C#N)c(C(F)(F)F)c2)c1C#N. The minimum absolute atomic E-state index is 0.264. The molecule has 1 aromatic heterocycles. The molecule has 0 saturated heterocycles. The number of hydrogen-bond donors (Lipinski definition) is 1. The zero-order chi connectivity index (χ0) is 15.8. The molecule has 0 fully saturated rings. The number of hydrogen-bond acceptors (Lipinski definition) is 2. The maximum atomic E-state index is 13.0. The molecule has 3 nitrogen and oxygen atoms in total. The minimum Gasteiger partial charge on any atom is -0.361 e. The second-order valence-corrected chi connectivity index (χ2v) is 4.61. The summed E-state index contributed by atoms with van der Waals surface area (Å²) >= 11 is 0. The second kappa shape index (κ2) is 4.99. The Balaban J connectivity index is 2.74. The Bertz CT molecular complexity index is 786. The van der Waals surface area contributed by atoms with Crippen LogP contribution in [0.15, 0.2) is 18.2 Å². The van der Waals surface area contributed by atoms with Crippen molar-refractivity contribution in [3.63, 3.8) is 0 Å². The lowest BCUT2D eigenvalue weighted by Gasteiger charge is -2.11. The lowest BCUT2D eigenvalue weighted by atomic mass is 9.96. The molecule has 0 aliphatic heterocycles. The fraction of sp³-hybridized carbons (Fsp3) is 0.200. The number of rotatable bonds is 1. The molecule has 21 heavy (non-hydrogen) atoms. The van der Waals surface area contributed by atoms with Gasteiger partial charge in [-0.25, -0.2) is 0 Å². The summed E-state index contributed by atoms with van der Waals surface area (Å²) < 4.78 is 39.0. The molecule has 0 atom stereocenters. The van der Waals surface area contributed by atoms with E-state index < -0.39 is 17.3 Å². The smallest absolute Gasteiger partial charge is 0.361 e. The Morgan fingerprint density at radius 2 is 1.71 bits per heavy atom. The largest absolute Gasteiger partial charge is 0.417 e. The van der Waals surface area contributed by atoms with Crippen LogP contribution in [-0.4, -0.2) is 4.98 Å². The third-order valence-electron chi connectivity index (χ3n) is 3.22. The number of nitrogens with one attached hydrogen (secondary N) is 1. The van der Waals surface area contributed by atoms with Crippen molar-refractivity contribution in [3.05, 3.63) is 46.3 Å². The van der Waals surface area contributed by atoms with Gasteiger partial charge in [0.15, 0.2) is 0 Å². The lowest BCUT2D eigenvalue weighted by Crippen LogP contribution is -2.08. The third-order valence-corrected chi connectivity index (χ3v) is 3.22. The van der Waals surface area contributed by atoms with E-state index >= 15 is 0 Å². The topological polar surface area (TPSA) is 63.4 Å². The van der Waals surface area contributed by atoms with Gasteiger partial charge in [0.05, 0.1) is 22.8 Å². The van der Waals surface area contributed by atoms with E-state index in [0.29, 0.717) is 22.5 Å². The van der Waals surface area contributed by atoms with Crippen LogP contribution < -0.4 is 0 Å². The van der Waals surface area contributed by atoms with E-state index in [9.17, 15) is 13.2 Å². The molecule has 0 radical (unpaired) electrons. The van der Waals surface area contributed by atoms with Gasteiger partial charge < -0.3 is 4.98 Å². The van der Waals surface area contributed by atoms with E-state index in [-0.39, 0.29) is 5.56 Å². The first-order valence-electron chi connectivity index (χ1n) is 6.00. The molecular weight excluding hydrogens is 279 g/mol. The predicted molar refractivity (Wildman–Crippen MR) is 70.1 cm³/mol. The van der Waals surface area contributed by atoms with E-state index in [1.165, 1.54) is 12.1 Å². The van der Waals surface area contributed by atoms with Gasteiger partial charge in [-0.1, -0.05) is 6.07 Å². The molecule has 1 aromatic carbocycles. The fourth-order valence-electron chi connectivity index (χ4n) is 2.31. The van der Waals surface area contributed by atoms with Crippen LogP contribution in [0.5, 0.6) is 0 Å². The zero-order valence-electron chi connectivity index (χ0n) is 11.3. The van der Waals surface area contributed by atoms with Crippen molar-refractivity contribution in [2.24, 2.45) is 0 Å². The summed E-state index contributed by atoms with van der Waals surface area (Å²) in [6.45, 7) is 3.37. The van der Waals surface area contributed by atoms with Crippen LogP contribution in [0.2, 0.25) is 0 Å². The van der Waals surface area contributed by atoms with Crippen molar-refractivity contribution < 1.29 is 13.2 Å². The number of aromatic amines is 1. The summed E-state index contributed by atoms with van der Waals surface area (Å²) in [5.74, 6) is 0. The van der Waals surface area contributed by atoms with Gasteiger partial charge in [0.1, 0.15) is 6.07 Å². The van der Waals surface area contributed by atoms with Crippen LogP contribution in [0, 0.1) is 36.5 Å². The van der Waals surface area contributed by atoms with Gasteiger partial charge in [0.2, 0.25) is 0 Å². The lowest BCUT2D eigenvalue weighted by molar-refractivity contribution is -0.137. The van der Waals surface area contributed by atoms with Crippen LogP contribution in [0.25, 0.3) is 11.1 Å². The molecule has 0 unspecified atom stereocenters. The fourth-order valence-corrected chi connectivity index (χ4v) is 2.31. The summed E-state index contributed by atoms with van der Waals surface area (Å²) in [6, 6.07) is 6.99. The van der Waals surface area contributed by atoms with Crippen molar-refractivity contribution in [2.75, 3.05) is 0 Å². The highest BCUT2D eigenvalue weighted by Gasteiger charge is 2.34. The number of nitrogens with zero attached hydrogens (tertiary/aromatic N) is 2. The van der Waals surface area contributed by atoms with Crippen molar-refractivity contribution in [2.45, 2.75) is 20.0 Å². The molecule has 0 spiro atoms. The summed E-state index contributed by atoms with van der Waals surface area (Å²) in [6.07, 6.45) is -4.62. The highest BCUT2D eigenvalue weighted by atomic mass is 19.4. The summed E-state index contributed by atoms with van der Waals surface area (Å²) in [4.78, 5) is 2.94. The highest BCUT2D eigenvalue weighted by Crippen LogP contribution is 2.37. The van der Waals surface area contributed by atoms with Crippen molar-refractivity contribution >= 4 is 0 Å². The Hall–Kier alpha value is -2.73. The van der Waals surface area contributed by atoms with Crippen molar-refractivity contribution in [1.82, 2.24) is 4.98 Å². The average Bonchev–Trinajstić information content (AvgIpc) is 2.71. The first kappa shape index (κ1) is 14.7. The van der Waals surface area contributed by atoms with Gasteiger partial charge in [0, 0.05) is 17.0 Å². The molecule has 1 N–H and O–H groups in total. The van der Waals surface area contributed by atoms with E-state index in [1.54, 1.807) is 13.8 Å². The first-order valence-corrected chi connectivity index (χ1v) is 6.00. The number of H-pyrrole nitrogens is 1. The Morgan fingerprint density at radius 1 is 1.05 bits per heavy atom. The number of halogens is 3. The van der Waals surface area contributed by atoms with Gasteiger partial charge in [-0.15, -0.1) is 0 Å². The molecule has 0 amide bonds. The van der Waals surface area contributed by atoms with E-state index in [2.05, 4.69) is 4.98 Å². The normalized spacial score (nSPS) is 11.0. The molecule has 106 valence electrons. The Labute approximate surface area is 119 Å². The van der Waals surface area contributed by atoms with Gasteiger partial charge in [-0.3, -0.25) is 0 Å². The number of alkyl halides is 3. The molecule has 0 saturated carbocycles. The van der Waals surface area contributed by atoms with E-state index in [4.69, 9.17) is 10.5 Å². The van der Waals surface area contributed by atoms with E-state index in [1.807, 2.05) is 6.07 Å². The molecule has 1 heterocycles. The number of nitriles is 2. The van der Waals surface area contributed by atoms with Crippen LogP contribution >= 0.6 is 0 Å². The van der Waals surface area contributed by atoms with Crippen molar-refractivity contribution in [1.29, 1.82) is 10.5 Å². The molecule has 2 aromatic rings. The number of aromatic nitrogens is 1. The first-order chi connectivity index (χ1) is 9.79. The third kappa shape index (κ3) is 2.48. The minimum atomic E-state index is -4.62. The predicted octanol–water partition coefficient (Wildman–Crippen LogP) is 4.06. The molecule has 0 bridgehead atoms. The molecule has 0 aliphatic rings. The number of benzene rings is 1. The average molecular weight is 289 g/mol. The summed E-state index contributed by atoms with van der Waals surface area (Å²) in [5.41, 5.74) is 0.791. The standard InChI is InChI=1S/C15H10F3N3/c1-8-12(7-20)14(9(2)21-8)10-3-4-11(6-19)13(5-10)15(16,17)18/h3-5,21H,1-2H3. The maximum Gasteiger partial charge on any atom is 0.417 e. The monoisotopic (exact) mass is 289 g/mol.